The Balaban J connectivity index is 2.53. The van der Waals surface area contributed by atoms with E-state index >= 15 is 0 Å². The lowest BCUT2D eigenvalue weighted by Crippen LogP contribution is -2.47. The number of aliphatic hydroxyl groups is 2. The van der Waals surface area contributed by atoms with E-state index in [4.69, 9.17) is 21.1 Å². The van der Waals surface area contributed by atoms with Gasteiger partial charge in [0.15, 0.2) is 0 Å². The van der Waals surface area contributed by atoms with Crippen LogP contribution < -0.4 is 5.73 Å². The van der Waals surface area contributed by atoms with Crippen LogP contribution in [-0.2, 0) is 6.42 Å². The van der Waals surface area contributed by atoms with Crippen LogP contribution in [-0.4, -0.2) is 34.1 Å². The molecule has 0 amide bonds. The van der Waals surface area contributed by atoms with Crippen LogP contribution in [0.25, 0.3) is 0 Å². The number of benzene rings is 1. The molecule has 1 aromatic rings. The lowest BCUT2D eigenvalue weighted by Gasteiger charge is -2.24. The van der Waals surface area contributed by atoms with Crippen LogP contribution in [0.3, 0.4) is 0 Å². The molecule has 0 bridgehead atoms. The highest BCUT2D eigenvalue weighted by Gasteiger charge is 2.22. The number of nitrogens with two attached hydrogens (primary N) is 1. The van der Waals surface area contributed by atoms with Gasteiger partial charge in [-0.15, -0.1) is 0 Å². The quantitative estimate of drug-likeness (QED) is 0.552. The van der Waals surface area contributed by atoms with Gasteiger partial charge in [0.2, 0.25) is 0 Å². The van der Waals surface area contributed by atoms with E-state index in [2.05, 4.69) is 0 Å². The van der Waals surface area contributed by atoms with Crippen molar-refractivity contribution in [2.45, 2.75) is 18.4 Å². The number of aromatic hydroxyl groups is 1. The monoisotopic (exact) mass is 211 g/mol. The molecule has 0 fully saturated rings. The van der Waals surface area contributed by atoms with Crippen LogP contribution in [0.2, 0.25) is 0 Å². The Kier molecular flexibility index (Phi) is 4.08. The van der Waals surface area contributed by atoms with Crippen LogP contribution in [0.5, 0.6) is 5.75 Å². The zero-order valence-corrected chi connectivity index (χ0v) is 8.56. The average Bonchev–Trinajstić information content (AvgIpc) is 2.28. The minimum Gasteiger partial charge on any atom is -0.508 e. The third-order valence-corrected chi connectivity index (χ3v) is 2.48. The maximum absolute atomic E-state index is 9.07. The summed E-state index contributed by atoms with van der Waals surface area (Å²) < 4.78 is 0. The first-order valence-corrected chi connectivity index (χ1v) is 4.88. The second-order valence-corrected chi connectivity index (χ2v) is 3.85. The molecule has 84 valence electrons. The minimum absolute atomic E-state index is 0.224. The smallest absolute Gasteiger partial charge is 0.115 e. The Morgan fingerprint density at radius 2 is 1.60 bits per heavy atom. The topological polar surface area (TPSA) is 86.7 Å². The lowest BCUT2D eigenvalue weighted by atomic mass is 9.94. The molecule has 0 saturated heterocycles. The molecule has 0 aromatic heterocycles. The van der Waals surface area contributed by atoms with E-state index < -0.39 is 5.54 Å². The van der Waals surface area contributed by atoms with Gasteiger partial charge in [-0.25, -0.2) is 0 Å². The van der Waals surface area contributed by atoms with Crippen molar-refractivity contribution < 1.29 is 15.3 Å². The van der Waals surface area contributed by atoms with Crippen LogP contribution >= 0.6 is 0 Å². The van der Waals surface area contributed by atoms with Gasteiger partial charge in [-0.05, 0) is 30.5 Å². The summed E-state index contributed by atoms with van der Waals surface area (Å²) in [5.41, 5.74) is 5.82. The normalized spacial score (nSPS) is 11.7. The number of hydrogen-bond acceptors (Lipinski definition) is 4. The summed E-state index contributed by atoms with van der Waals surface area (Å²) in [6, 6.07) is 6.80. The first-order chi connectivity index (χ1) is 7.09. The summed E-state index contributed by atoms with van der Waals surface area (Å²) in [5, 5.41) is 27.0. The zero-order valence-electron chi connectivity index (χ0n) is 8.56. The number of hydrogen-bond donors (Lipinski definition) is 4. The summed E-state index contributed by atoms with van der Waals surface area (Å²) in [7, 11) is 0. The molecule has 0 atom stereocenters. The summed E-state index contributed by atoms with van der Waals surface area (Å²) in [6.07, 6.45) is 1.17. The molecule has 0 aliphatic rings. The number of phenols is 1. The van der Waals surface area contributed by atoms with Gasteiger partial charge in [-0.3, -0.25) is 0 Å². The lowest BCUT2D eigenvalue weighted by molar-refractivity contribution is 0.115. The first kappa shape index (κ1) is 12.0. The van der Waals surface area contributed by atoms with Gasteiger partial charge in [0.1, 0.15) is 5.75 Å². The Morgan fingerprint density at radius 1 is 1.07 bits per heavy atom. The van der Waals surface area contributed by atoms with Gasteiger partial charge < -0.3 is 21.1 Å². The van der Waals surface area contributed by atoms with Gasteiger partial charge in [0, 0.05) is 0 Å². The van der Waals surface area contributed by atoms with Crippen molar-refractivity contribution in [2.24, 2.45) is 5.73 Å². The summed E-state index contributed by atoms with van der Waals surface area (Å²) in [6.45, 7) is -0.469. The van der Waals surface area contributed by atoms with E-state index in [1.807, 2.05) is 0 Å². The van der Waals surface area contributed by atoms with Crippen molar-refractivity contribution in [3.05, 3.63) is 29.8 Å². The molecular weight excluding hydrogens is 194 g/mol. The molecule has 0 aliphatic heterocycles. The second kappa shape index (κ2) is 5.11. The Labute approximate surface area is 89.0 Å². The number of phenolic OH excluding ortho intramolecular Hbond substituents is 1. The molecule has 15 heavy (non-hydrogen) atoms. The van der Waals surface area contributed by atoms with E-state index in [1.165, 1.54) is 0 Å². The largest absolute Gasteiger partial charge is 0.508 e. The number of rotatable bonds is 5. The third-order valence-electron chi connectivity index (χ3n) is 2.48. The fraction of sp³-hybridized carbons (Fsp3) is 0.455. The predicted octanol–water partition coefficient (Wildman–Crippen LogP) is 0.00690. The van der Waals surface area contributed by atoms with Gasteiger partial charge in [-0.2, -0.15) is 0 Å². The van der Waals surface area contributed by atoms with Gasteiger partial charge >= 0.3 is 0 Å². The van der Waals surface area contributed by atoms with Gasteiger partial charge in [0.25, 0.3) is 0 Å². The molecule has 4 heteroatoms. The summed E-state index contributed by atoms with van der Waals surface area (Å²) in [4.78, 5) is 0. The van der Waals surface area contributed by atoms with Crippen LogP contribution in [0, 0.1) is 0 Å². The van der Waals surface area contributed by atoms with E-state index in [0.29, 0.717) is 12.8 Å². The van der Waals surface area contributed by atoms with Crippen LogP contribution in [0.1, 0.15) is 12.0 Å². The molecule has 0 saturated carbocycles. The molecule has 1 aromatic carbocycles. The van der Waals surface area contributed by atoms with Crippen molar-refractivity contribution in [3.8, 4) is 5.75 Å². The van der Waals surface area contributed by atoms with Gasteiger partial charge in [0.05, 0.1) is 18.8 Å². The standard InChI is InChI=1S/C11H17NO3/c12-11(7-13,8-14)6-5-9-1-3-10(15)4-2-9/h1-4,13-15H,5-8,12H2. The van der Waals surface area contributed by atoms with Crippen molar-refractivity contribution >= 4 is 0 Å². The average molecular weight is 211 g/mol. The van der Waals surface area contributed by atoms with Crippen LogP contribution in [0.15, 0.2) is 24.3 Å². The highest BCUT2D eigenvalue weighted by molar-refractivity contribution is 5.26. The van der Waals surface area contributed by atoms with Crippen molar-refractivity contribution in [1.29, 1.82) is 0 Å². The molecule has 4 nitrogen and oxygen atoms in total. The molecule has 1 rings (SSSR count). The molecule has 0 spiro atoms. The summed E-state index contributed by atoms with van der Waals surface area (Å²) >= 11 is 0. The molecule has 0 heterocycles. The number of aliphatic hydroxyl groups excluding tert-OH is 2. The molecule has 0 radical (unpaired) electrons. The fourth-order valence-electron chi connectivity index (χ4n) is 1.26. The highest BCUT2D eigenvalue weighted by Crippen LogP contribution is 2.14. The third kappa shape index (κ3) is 3.51. The maximum atomic E-state index is 9.07. The van der Waals surface area contributed by atoms with E-state index in [-0.39, 0.29) is 19.0 Å². The van der Waals surface area contributed by atoms with Crippen molar-refractivity contribution in [1.82, 2.24) is 0 Å². The fourth-order valence-corrected chi connectivity index (χ4v) is 1.26. The zero-order chi connectivity index (χ0) is 11.3. The number of aryl methyl sites for hydroxylation is 1. The van der Waals surface area contributed by atoms with E-state index in [9.17, 15) is 0 Å². The van der Waals surface area contributed by atoms with Crippen molar-refractivity contribution in [3.63, 3.8) is 0 Å². The molecule has 0 aliphatic carbocycles. The maximum Gasteiger partial charge on any atom is 0.115 e. The summed E-state index contributed by atoms with van der Waals surface area (Å²) in [5.74, 6) is 0.224. The predicted molar refractivity (Wildman–Crippen MR) is 57.5 cm³/mol. The van der Waals surface area contributed by atoms with E-state index in [1.54, 1.807) is 24.3 Å². The first-order valence-electron chi connectivity index (χ1n) is 4.88. The Bertz CT molecular complexity index is 293. The molecule has 0 unspecified atom stereocenters. The van der Waals surface area contributed by atoms with Crippen molar-refractivity contribution in [2.75, 3.05) is 13.2 Å². The van der Waals surface area contributed by atoms with Crippen LogP contribution in [0.4, 0.5) is 0 Å². The Morgan fingerprint density at radius 3 is 2.07 bits per heavy atom. The molecular formula is C11H17NO3. The highest BCUT2D eigenvalue weighted by atomic mass is 16.3. The van der Waals surface area contributed by atoms with Gasteiger partial charge in [-0.1, -0.05) is 12.1 Å². The Hall–Kier alpha value is -1.10. The minimum atomic E-state index is -0.919. The van der Waals surface area contributed by atoms with E-state index in [0.717, 1.165) is 5.56 Å². The SMILES string of the molecule is NC(CO)(CO)CCc1ccc(O)cc1. The molecule has 5 N–H and O–H groups in total. The second-order valence-electron chi connectivity index (χ2n) is 3.85.